The zero-order valence-electron chi connectivity index (χ0n) is 11.5. The number of hydrogen-bond acceptors (Lipinski definition) is 3. The van der Waals surface area contributed by atoms with Gasteiger partial charge in [-0.3, -0.25) is 0 Å². The van der Waals surface area contributed by atoms with Crippen molar-refractivity contribution >= 4 is 21.6 Å². The number of nitrogens with zero attached hydrogens (tertiary/aromatic N) is 2. The van der Waals surface area contributed by atoms with Crippen molar-refractivity contribution in [3.05, 3.63) is 59.1 Å². The molecule has 2 rings (SSSR count). The van der Waals surface area contributed by atoms with Crippen LogP contribution in [0.15, 0.2) is 47.5 Å². The number of pyridine rings is 1. The Bertz CT molecular complexity index is 735. The third-order valence-electron chi connectivity index (χ3n) is 3.28. The van der Waals surface area contributed by atoms with Gasteiger partial charge in [0.25, 0.3) is 0 Å². The third-order valence-corrected chi connectivity index (χ3v) is 5.65. The maximum absolute atomic E-state index is 12.9. The first-order chi connectivity index (χ1) is 9.84. The van der Waals surface area contributed by atoms with Crippen LogP contribution in [0.3, 0.4) is 0 Å². The maximum Gasteiger partial charge on any atom is 0.246 e. The lowest BCUT2D eigenvalue weighted by Gasteiger charge is -2.24. The van der Waals surface area contributed by atoms with Crippen molar-refractivity contribution in [1.29, 1.82) is 0 Å². The van der Waals surface area contributed by atoms with E-state index in [1.807, 2.05) is 0 Å². The summed E-state index contributed by atoms with van der Waals surface area (Å²) in [6.45, 7) is 1.72. The Hall–Kier alpha value is -1.50. The molecule has 112 valence electrons. The monoisotopic (exact) mass is 328 g/mol. The van der Waals surface area contributed by atoms with Crippen molar-refractivity contribution < 1.29 is 12.8 Å². The van der Waals surface area contributed by atoms with Gasteiger partial charge in [-0.25, -0.2) is 17.8 Å². The molecule has 1 aromatic heterocycles. The molecule has 0 aliphatic rings. The Kier molecular flexibility index (Phi) is 4.61. The van der Waals surface area contributed by atoms with Crippen LogP contribution >= 0.6 is 11.6 Å². The summed E-state index contributed by atoms with van der Waals surface area (Å²) in [6, 6.07) is 8.14. The molecule has 21 heavy (non-hydrogen) atoms. The Labute approximate surface area is 128 Å². The molecule has 0 bridgehead atoms. The van der Waals surface area contributed by atoms with Gasteiger partial charge in [0, 0.05) is 19.3 Å². The molecule has 0 saturated carbocycles. The fourth-order valence-electron chi connectivity index (χ4n) is 1.88. The van der Waals surface area contributed by atoms with Gasteiger partial charge >= 0.3 is 0 Å². The van der Waals surface area contributed by atoms with Gasteiger partial charge in [0.15, 0.2) is 0 Å². The molecular formula is C14H14ClFN2O2S. The molecule has 0 fully saturated rings. The predicted molar refractivity (Wildman–Crippen MR) is 79.0 cm³/mol. The molecule has 0 saturated heterocycles. The highest BCUT2D eigenvalue weighted by Crippen LogP contribution is 2.28. The lowest BCUT2D eigenvalue weighted by Crippen LogP contribution is -2.30. The van der Waals surface area contributed by atoms with E-state index in [2.05, 4.69) is 4.98 Å². The second-order valence-electron chi connectivity index (χ2n) is 4.54. The first kappa shape index (κ1) is 15.9. The summed E-state index contributed by atoms with van der Waals surface area (Å²) in [6.07, 6.45) is 1.42. The van der Waals surface area contributed by atoms with E-state index < -0.39 is 16.1 Å². The minimum atomic E-state index is -3.78. The Morgan fingerprint density at radius 2 is 1.86 bits per heavy atom. The zero-order valence-corrected chi connectivity index (χ0v) is 13.1. The van der Waals surface area contributed by atoms with Crippen LogP contribution in [0.25, 0.3) is 0 Å². The summed E-state index contributed by atoms with van der Waals surface area (Å²) >= 11 is 5.86. The van der Waals surface area contributed by atoms with Crippen LogP contribution in [0.2, 0.25) is 5.15 Å². The quantitative estimate of drug-likeness (QED) is 0.809. The highest BCUT2D eigenvalue weighted by atomic mass is 35.5. The van der Waals surface area contributed by atoms with Crippen LogP contribution in [-0.4, -0.2) is 24.8 Å². The topological polar surface area (TPSA) is 50.3 Å². The minimum absolute atomic E-state index is 0.0527. The van der Waals surface area contributed by atoms with E-state index in [9.17, 15) is 12.8 Å². The van der Waals surface area contributed by atoms with E-state index in [4.69, 9.17) is 11.6 Å². The molecule has 0 spiro atoms. The average Bonchev–Trinajstić information content (AvgIpc) is 2.46. The normalized spacial score (nSPS) is 13.4. The van der Waals surface area contributed by atoms with Gasteiger partial charge in [-0.2, -0.15) is 4.31 Å². The van der Waals surface area contributed by atoms with Gasteiger partial charge in [0.05, 0.1) is 0 Å². The Morgan fingerprint density at radius 3 is 2.43 bits per heavy atom. The highest BCUT2D eigenvalue weighted by Gasteiger charge is 2.28. The zero-order chi connectivity index (χ0) is 15.6. The van der Waals surface area contributed by atoms with Crippen LogP contribution in [0.5, 0.6) is 0 Å². The van der Waals surface area contributed by atoms with Crippen LogP contribution in [0.1, 0.15) is 18.5 Å². The lowest BCUT2D eigenvalue weighted by molar-refractivity contribution is 0.398. The van der Waals surface area contributed by atoms with Crippen LogP contribution < -0.4 is 0 Å². The lowest BCUT2D eigenvalue weighted by atomic mass is 10.1. The largest absolute Gasteiger partial charge is 0.246 e. The number of sulfonamides is 1. The fourth-order valence-corrected chi connectivity index (χ4v) is 3.65. The summed E-state index contributed by atoms with van der Waals surface area (Å²) < 4.78 is 39.3. The summed E-state index contributed by atoms with van der Waals surface area (Å²) in [5, 5.41) is -0.0735. The first-order valence-corrected chi connectivity index (χ1v) is 8.00. The molecule has 7 heteroatoms. The second-order valence-corrected chi connectivity index (χ2v) is 6.87. The van der Waals surface area contributed by atoms with Crippen molar-refractivity contribution in [3.8, 4) is 0 Å². The predicted octanol–water partition coefficient (Wildman–Crippen LogP) is 3.26. The molecular weight excluding hydrogens is 315 g/mol. The molecule has 0 aliphatic heterocycles. The average molecular weight is 329 g/mol. The minimum Gasteiger partial charge on any atom is -0.243 e. The molecule has 1 atom stereocenters. The smallest absolute Gasteiger partial charge is 0.243 e. The maximum atomic E-state index is 12.9. The van der Waals surface area contributed by atoms with Crippen LogP contribution in [-0.2, 0) is 10.0 Å². The number of rotatable bonds is 4. The van der Waals surface area contributed by atoms with Crippen molar-refractivity contribution in [2.45, 2.75) is 17.9 Å². The molecule has 1 heterocycles. The van der Waals surface area contributed by atoms with Crippen molar-refractivity contribution in [1.82, 2.24) is 9.29 Å². The molecule has 2 aromatic rings. The van der Waals surface area contributed by atoms with Gasteiger partial charge in [-0.15, -0.1) is 0 Å². The van der Waals surface area contributed by atoms with Gasteiger partial charge in [-0.1, -0.05) is 23.7 Å². The van der Waals surface area contributed by atoms with Gasteiger partial charge in [0.2, 0.25) is 10.0 Å². The van der Waals surface area contributed by atoms with E-state index >= 15 is 0 Å². The van der Waals surface area contributed by atoms with Crippen LogP contribution in [0.4, 0.5) is 4.39 Å². The summed E-state index contributed by atoms with van der Waals surface area (Å²) in [5.74, 6) is -0.369. The van der Waals surface area contributed by atoms with E-state index in [1.165, 1.54) is 41.8 Å². The van der Waals surface area contributed by atoms with Crippen LogP contribution in [0, 0.1) is 5.82 Å². The highest BCUT2D eigenvalue weighted by molar-refractivity contribution is 7.89. The van der Waals surface area contributed by atoms with Crippen molar-refractivity contribution in [3.63, 3.8) is 0 Å². The summed E-state index contributed by atoms with van der Waals surface area (Å²) in [4.78, 5) is 3.73. The van der Waals surface area contributed by atoms with Gasteiger partial charge < -0.3 is 0 Å². The van der Waals surface area contributed by atoms with E-state index in [1.54, 1.807) is 19.1 Å². The number of halogens is 2. The van der Waals surface area contributed by atoms with E-state index in [-0.39, 0.29) is 15.9 Å². The standard InChI is InChI=1S/C14H14ClFN2O2S/c1-10(11-5-7-12(16)8-6-11)18(2)21(19,20)13-4-3-9-17-14(13)15/h3-10H,1-2H3. The van der Waals surface area contributed by atoms with Gasteiger partial charge in [0.1, 0.15) is 15.9 Å². The molecule has 0 amide bonds. The third kappa shape index (κ3) is 3.23. The number of benzene rings is 1. The molecule has 1 aromatic carbocycles. The molecule has 0 radical (unpaired) electrons. The van der Waals surface area contributed by atoms with Gasteiger partial charge in [-0.05, 0) is 36.8 Å². The molecule has 0 N–H and O–H groups in total. The fraction of sp³-hybridized carbons (Fsp3) is 0.214. The SMILES string of the molecule is CC(c1ccc(F)cc1)N(C)S(=O)(=O)c1cccnc1Cl. The summed E-state index contributed by atoms with van der Waals surface area (Å²) in [5.41, 5.74) is 0.683. The Morgan fingerprint density at radius 1 is 1.24 bits per heavy atom. The molecule has 1 unspecified atom stereocenters. The first-order valence-electron chi connectivity index (χ1n) is 6.18. The Balaban J connectivity index is 2.36. The molecule has 0 aliphatic carbocycles. The molecule has 4 nitrogen and oxygen atoms in total. The summed E-state index contributed by atoms with van der Waals surface area (Å²) in [7, 11) is -2.33. The van der Waals surface area contributed by atoms with Crippen molar-refractivity contribution in [2.24, 2.45) is 0 Å². The van der Waals surface area contributed by atoms with Crippen molar-refractivity contribution in [2.75, 3.05) is 7.05 Å². The second kappa shape index (κ2) is 6.09. The van der Waals surface area contributed by atoms with E-state index in [0.717, 1.165) is 0 Å². The van der Waals surface area contributed by atoms with E-state index in [0.29, 0.717) is 5.56 Å². The number of aromatic nitrogens is 1. The number of hydrogen-bond donors (Lipinski definition) is 0.